The second kappa shape index (κ2) is 5.80. The van der Waals surface area contributed by atoms with E-state index in [1.165, 1.54) is 32.8 Å². The van der Waals surface area contributed by atoms with Gasteiger partial charge in [0.25, 0.3) is 0 Å². The fourth-order valence-electron chi connectivity index (χ4n) is 3.86. The van der Waals surface area contributed by atoms with Crippen molar-refractivity contribution in [2.45, 2.75) is 69.5 Å². The topological polar surface area (TPSA) is 55.6 Å². The Bertz CT molecular complexity index is 334. The average molecular weight is 268 g/mol. The van der Waals surface area contributed by atoms with E-state index in [0.29, 0.717) is 12.1 Å². The summed E-state index contributed by atoms with van der Waals surface area (Å²) in [4.78, 5) is 14.2. The van der Waals surface area contributed by atoms with Gasteiger partial charge < -0.3 is 15.4 Å². The molecule has 2 aliphatic rings. The number of hydrogen-bond donors (Lipinski definition) is 1. The summed E-state index contributed by atoms with van der Waals surface area (Å²) in [5.41, 5.74) is 5.44. The van der Waals surface area contributed by atoms with Crippen molar-refractivity contribution in [3.63, 3.8) is 0 Å². The average Bonchev–Trinajstić information content (AvgIpc) is 2.81. The molecule has 0 bridgehead atoms. The van der Waals surface area contributed by atoms with Gasteiger partial charge in [0.1, 0.15) is 5.54 Å². The van der Waals surface area contributed by atoms with E-state index < -0.39 is 5.54 Å². The van der Waals surface area contributed by atoms with Crippen molar-refractivity contribution in [3.8, 4) is 0 Å². The lowest BCUT2D eigenvalue weighted by molar-refractivity contribution is -0.147. The second-order valence-corrected chi connectivity index (χ2v) is 6.64. The molecule has 0 aromatic rings. The van der Waals surface area contributed by atoms with Gasteiger partial charge in [0, 0.05) is 12.1 Å². The molecule has 0 saturated heterocycles. The van der Waals surface area contributed by atoms with Crippen molar-refractivity contribution in [1.29, 1.82) is 0 Å². The molecule has 0 radical (unpaired) electrons. The van der Waals surface area contributed by atoms with Crippen LogP contribution < -0.4 is 5.73 Å². The zero-order valence-electron chi connectivity index (χ0n) is 12.5. The van der Waals surface area contributed by atoms with Crippen molar-refractivity contribution in [2.24, 2.45) is 11.7 Å². The number of ether oxygens (including phenoxy) is 1. The van der Waals surface area contributed by atoms with Crippen molar-refractivity contribution >= 4 is 5.97 Å². The number of nitrogens with two attached hydrogens (primary N) is 1. The van der Waals surface area contributed by atoms with Crippen LogP contribution in [0, 0.1) is 5.92 Å². The Labute approximate surface area is 116 Å². The summed E-state index contributed by atoms with van der Waals surface area (Å²) in [6, 6.07) is 1.09. The molecule has 2 fully saturated rings. The molecule has 4 atom stereocenters. The molecule has 110 valence electrons. The molecule has 0 aliphatic heterocycles. The quantitative estimate of drug-likeness (QED) is 0.795. The maximum atomic E-state index is 11.8. The lowest BCUT2D eigenvalue weighted by atomic mass is 9.85. The number of hydrogen-bond acceptors (Lipinski definition) is 4. The molecule has 2 aliphatic carbocycles. The summed E-state index contributed by atoms with van der Waals surface area (Å²) < 4.78 is 4.85. The number of rotatable bonds is 3. The first kappa shape index (κ1) is 14.8. The summed E-state index contributed by atoms with van der Waals surface area (Å²) in [5, 5.41) is 0. The Balaban J connectivity index is 1.94. The van der Waals surface area contributed by atoms with Crippen molar-refractivity contribution in [2.75, 3.05) is 14.2 Å². The van der Waals surface area contributed by atoms with Crippen LogP contribution in [0.4, 0.5) is 0 Å². The van der Waals surface area contributed by atoms with Gasteiger partial charge in [-0.05, 0) is 45.1 Å². The molecule has 2 saturated carbocycles. The van der Waals surface area contributed by atoms with E-state index in [9.17, 15) is 4.79 Å². The minimum absolute atomic E-state index is 0.250. The number of methoxy groups -OCH3 is 1. The molecule has 19 heavy (non-hydrogen) atoms. The molecule has 0 heterocycles. The number of esters is 1. The number of carbonyl (C=O) groups excluding carboxylic acids is 1. The van der Waals surface area contributed by atoms with Crippen molar-refractivity contribution in [1.82, 2.24) is 4.90 Å². The van der Waals surface area contributed by atoms with Gasteiger partial charge in [0.15, 0.2) is 0 Å². The van der Waals surface area contributed by atoms with Gasteiger partial charge in [-0.2, -0.15) is 0 Å². The van der Waals surface area contributed by atoms with Gasteiger partial charge in [-0.15, -0.1) is 0 Å². The van der Waals surface area contributed by atoms with E-state index in [1.807, 2.05) is 0 Å². The zero-order chi connectivity index (χ0) is 14.0. The van der Waals surface area contributed by atoms with Gasteiger partial charge >= 0.3 is 5.97 Å². The van der Waals surface area contributed by atoms with Crippen LogP contribution in [0.3, 0.4) is 0 Å². The normalized spacial score (nSPS) is 39.5. The lowest BCUT2D eigenvalue weighted by Crippen LogP contribution is -2.49. The Morgan fingerprint density at radius 3 is 2.68 bits per heavy atom. The summed E-state index contributed by atoms with van der Waals surface area (Å²) >= 11 is 0. The molecule has 0 aromatic heterocycles. The Morgan fingerprint density at radius 1 is 1.32 bits per heavy atom. The largest absolute Gasteiger partial charge is 0.468 e. The molecule has 4 heteroatoms. The second-order valence-electron chi connectivity index (χ2n) is 6.64. The first-order chi connectivity index (χ1) is 8.96. The number of nitrogens with zero attached hydrogens (tertiary/aromatic N) is 1. The monoisotopic (exact) mass is 268 g/mol. The lowest BCUT2D eigenvalue weighted by Gasteiger charge is -2.38. The molecule has 2 rings (SSSR count). The summed E-state index contributed by atoms with van der Waals surface area (Å²) in [6.45, 7) is 2.34. The van der Waals surface area contributed by atoms with E-state index in [0.717, 1.165) is 25.2 Å². The fraction of sp³-hybridized carbons (Fsp3) is 0.933. The fourth-order valence-corrected chi connectivity index (χ4v) is 3.86. The first-order valence-electron chi connectivity index (χ1n) is 7.55. The van der Waals surface area contributed by atoms with E-state index in [2.05, 4.69) is 18.9 Å². The van der Waals surface area contributed by atoms with Crippen LogP contribution >= 0.6 is 0 Å². The molecule has 2 N–H and O–H groups in total. The van der Waals surface area contributed by atoms with Crippen molar-refractivity contribution in [3.05, 3.63) is 0 Å². The molecule has 0 amide bonds. The highest BCUT2D eigenvalue weighted by atomic mass is 16.5. The maximum Gasteiger partial charge on any atom is 0.325 e. The predicted molar refractivity (Wildman–Crippen MR) is 75.8 cm³/mol. The standard InChI is InChI=1S/C15H28N2O2/c1-11-5-4-6-12(9-11)17(2)13-7-8-15(16,10-13)14(18)19-3/h11-13H,4-10,16H2,1-3H3. The minimum atomic E-state index is -0.756. The van der Waals surface area contributed by atoms with E-state index >= 15 is 0 Å². The van der Waals surface area contributed by atoms with Crippen LogP contribution in [0.15, 0.2) is 0 Å². The van der Waals surface area contributed by atoms with Crippen LogP contribution in [-0.4, -0.2) is 42.6 Å². The van der Waals surface area contributed by atoms with E-state index in [1.54, 1.807) is 0 Å². The first-order valence-corrected chi connectivity index (χ1v) is 7.55. The Hall–Kier alpha value is -0.610. The predicted octanol–water partition coefficient (Wildman–Crippen LogP) is 1.92. The SMILES string of the molecule is COC(=O)C1(N)CCC(N(C)C2CCCC(C)C2)C1. The van der Waals surface area contributed by atoms with Crippen molar-refractivity contribution < 1.29 is 9.53 Å². The van der Waals surface area contributed by atoms with Gasteiger partial charge in [-0.1, -0.05) is 19.8 Å². The molecular formula is C15H28N2O2. The molecule has 4 unspecified atom stereocenters. The minimum Gasteiger partial charge on any atom is -0.468 e. The van der Waals surface area contributed by atoms with Gasteiger partial charge in [-0.3, -0.25) is 4.79 Å². The number of carbonyl (C=O) groups is 1. The highest BCUT2D eigenvalue weighted by Crippen LogP contribution is 2.35. The maximum absolute atomic E-state index is 11.8. The molecule has 0 spiro atoms. The summed E-state index contributed by atoms with van der Waals surface area (Å²) in [7, 11) is 3.63. The molecular weight excluding hydrogens is 240 g/mol. The zero-order valence-corrected chi connectivity index (χ0v) is 12.5. The highest BCUT2D eigenvalue weighted by molar-refractivity contribution is 5.81. The van der Waals surface area contributed by atoms with Gasteiger partial charge in [0.05, 0.1) is 7.11 Å². The van der Waals surface area contributed by atoms with Gasteiger partial charge in [-0.25, -0.2) is 0 Å². The summed E-state index contributed by atoms with van der Waals surface area (Å²) in [5.74, 6) is 0.575. The van der Waals surface area contributed by atoms with E-state index in [-0.39, 0.29) is 5.97 Å². The smallest absolute Gasteiger partial charge is 0.325 e. The third-order valence-electron chi connectivity index (χ3n) is 5.18. The Kier molecular flexibility index (Phi) is 4.51. The highest BCUT2D eigenvalue weighted by Gasteiger charge is 2.45. The Morgan fingerprint density at radius 2 is 2.05 bits per heavy atom. The van der Waals surface area contributed by atoms with Crippen LogP contribution in [0.25, 0.3) is 0 Å². The third kappa shape index (κ3) is 3.11. The van der Waals surface area contributed by atoms with Crippen LogP contribution in [0.5, 0.6) is 0 Å². The molecule has 0 aromatic carbocycles. The summed E-state index contributed by atoms with van der Waals surface area (Å²) in [6.07, 6.45) is 7.74. The van der Waals surface area contributed by atoms with Crippen LogP contribution in [0.2, 0.25) is 0 Å². The van der Waals surface area contributed by atoms with Crippen LogP contribution in [0.1, 0.15) is 51.9 Å². The molecule has 4 nitrogen and oxygen atoms in total. The van der Waals surface area contributed by atoms with Crippen LogP contribution in [-0.2, 0) is 9.53 Å². The van der Waals surface area contributed by atoms with E-state index in [4.69, 9.17) is 10.5 Å². The third-order valence-corrected chi connectivity index (χ3v) is 5.18. The van der Waals surface area contributed by atoms with Gasteiger partial charge in [0.2, 0.25) is 0 Å².